The number of ether oxygens (including phenoxy) is 2. The van der Waals surface area contributed by atoms with Gasteiger partial charge in [0.2, 0.25) is 0 Å². The van der Waals surface area contributed by atoms with Crippen molar-refractivity contribution in [1.29, 1.82) is 0 Å². The molecule has 0 aromatic rings. The molecule has 8 nitrogen and oxygen atoms in total. The average Bonchev–Trinajstić information content (AvgIpc) is 2.90. The van der Waals surface area contributed by atoms with Crippen molar-refractivity contribution in [3.05, 3.63) is 0 Å². The van der Waals surface area contributed by atoms with E-state index >= 15 is 0 Å². The summed E-state index contributed by atoms with van der Waals surface area (Å²) in [5.74, 6) is 1.08. The van der Waals surface area contributed by atoms with Crippen LogP contribution in [0.1, 0.15) is 142 Å². The zero-order valence-corrected chi connectivity index (χ0v) is 26.2. The molecular formula is C29H57O8PS. The minimum atomic E-state index is -4.60. The van der Waals surface area contributed by atoms with Gasteiger partial charge in [0.15, 0.2) is 0 Å². The molecule has 0 bridgehead atoms. The summed E-state index contributed by atoms with van der Waals surface area (Å²) in [4.78, 5) is 40.4. The molecule has 0 aliphatic carbocycles. The number of esters is 1. The molecule has 0 aliphatic rings. The number of carbonyl (C=O) groups excluding carboxylic acids is 2. The van der Waals surface area contributed by atoms with Crippen LogP contribution in [0.5, 0.6) is 0 Å². The first-order valence-corrected chi connectivity index (χ1v) is 18.1. The molecule has 232 valence electrons. The highest BCUT2D eigenvalue weighted by atomic mass is 32.2. The van der Waals surface area contributed by atoms with Gasteiger partial charge in [0.05, 0.1) is 13.2 Å². The second kappa shape index (κ2) is 28.9. The molecule has 0 saturated heterocycles. The Hall–Kier alpha value is -0.600. The molecule has 0 rings (SSSR count). The number of unbranched alkanes of at least 4 members (excludes halogenated alkanes) is 18. The smallest absolute Gasteiger partial charge is 0.468 e. The highest BCUT2D eigenvalue weighted by Gasteiger charge is 2.21. The molecule has 0 aromatic heterocycles. The van der Waals surface area contributed by atoms with E-state index in [1.807, 2.05) is 0 Å². The lowest BCUT2D eigenvalue weighted by atomic mass is 10.1. The van der Waals surface area contributed by atoms with Gasteiger partial charge in [-0.3, -0.25) is 14.1 Å². The topological polar surface area (TPSA) is 119 Å². The summed E-state index contributed by atoms with van der Waals surface area (Å²) in [5, 5.41) is 0. The zero-order valence-electron chi connectivity index (χ0n) is 24.5. The van der Waals surface area contributed by atoms with Crippen LogP contribution in [-0.2, 0) is 28.2 Å². The van der Waals surface area contributed by atoms with Crippen molar-refractivity contribution in [2.45, 2.75) is 148 Å². The van der Waals surface area contributed by atoms with Gasteiger partial charge >= 0.3 is 13.8 Å². The van der Waals surface area contributed by atoms with Gasteiger partial charge in [-0.05, 0) is 25.0 Å². The Balaban J connectivity index is 3.84. The van der Waals surface area contributed by atoms with Crippen molar-refractivity contribution in [3.63, 3.8) is 0 Å². The Morgan fingerprint density at radius 3 is 1.77 bits per heavy atom. The van der Waals surface area contributed by atoms with Crippen LogP contribution in [0.4, 0.5) is 0 Å². The highest BCUT2D eigenvalue weighted by Crippen LogP contribution is 2.36. The summed E-state index contributed by atoms with van der Waals surface area (Å²) in [6, 6.07) is 0. The van der Waals surface area contributed by atoms with Crippen molar-refractivity contribution < 1.29 is 37.9 Å². The fraction of sp³-hybridized carbons (Fsp3) is 0.931. The van der Waals surface area contributed by atoms with Crippen LogP contribution in [0.15, 0.2) is 0 Å². The van der Waals surface area contributed by atoms with Crippen molar-refractivity contribution >= 4 is 32.0 Å². The van der Waals surface area contributed by atoms with Crippen molar-refractivity contribution in [3.8, 4) is 0 Å². The Bertz CT molecular complexity index is 602. The SMILES string of the molecule is CCCCCCCCCCCCC(=O)O[C@H](COP(=O)(O)O)CSCCCCCCCCCCCCOC=O. The molecule has 0 spiro atoms. The molecule has 0 fully saturated rings. The number of hydrogen-bond donors (Lipinski definition) is 2. The van der Waals surface area contributed by atoms with Crippen LogP contribution >= 0.6 is 19.6 Å². The van der Waals surface area contributed by atoms with E-state index in [4.69, 9.17) is 14.5 Å². The lowest BCUT2D eigenvalue weighted by Crippen LogP contribution is -2.25. The Kier molecular flexibility index (Phi) is 28.5. The summed E-state index contributed by atoms with van der Waals surface area (Å²) in [6.07, 6.45) is 23.2. The van der Waals surface area contributed by atoms with Gasteiger partial charge < -0.3 is 19.3 Å². The highest BCUT2D eigenvalue weighted by molar-refractivity contribution is 7.99. The van der Waals surface area contributed by atoms with Crippen LogP contribution < -0.4 is 0 Å². The van der Waals surface area contributed by atoms with Crippen LogP contribution in [0.2, 0.25) is 0 Å². The zero-order chi connectivity index (χ0) is 28.9. The van der Waals surface area contributed by atoms with Gasteiger partial charge in [0.25, 0.3) is 6.47 Å². The fourth-order valence-electron chi connectivity index (χ4n) is 4.36. The monoisotopic (exact) mass is 596 g/mol. The quantitative estimate of drug-likeness (QED) is 0.0354. The van der Waals surface area contributed by atoms with E-state index in [2.05, 4.69) is 16.2 Å². The van der Waals surface area contributed by atoms with E-state index in [1.165, 1.54) is 83.5 Å². The molecule has 1 atom stereocenters. The van der Waals surface area contributed by atoms with Gasteiger partial charge in [-0.1, -0.05) is 116 Å². The lowest BCUT2D eigenvalue weighted by Gasteiger charge is -2.18. The molecule has 0 aliphatic heterocycles. The number of phosphoric ester groups is 1. The van der Waals surface area contributed by atoms with Gasteiger partial charge in [0.1, 0.15) is 6.10 Å². The van der Waals surface area contributed by atoms with Crippen molar-refractivity contribution in [2.24, 2.45) is 0 Å². The number of phosphoric acid groups is 1. The van der Waals surface area contributed by atoms with E-state index in [0.717, 1.165) is 50.7 Å². The van der Waals surface area contributed by atoms with Crippen LogP contribution in [0.3, 0.4) is 0 Å². The summed E-state index contributed by atoms with van der Waals surface area (Å²) in [6.45, 7) is 2.98. The molecule has 0 heterocycles. The first-order valence-electron chi connectivity index (χ1n) is 15.4. The molecule has 0 amide bonds. The first-order chi connectivity index (χ1) is 18.9. The average molecular weight is 597 g/mol. The van der Waals surface area contributed by atoms with Crippen molar-refractivity contribution in [2.75, 3.05) is 24.7 Å². The van der Waals surface area contributed by atoms with E-state index in [-0.39, 0.29) is 12.6 Å². The van der Waals surface area contributed by atoms with Crippen LogP contribution in [0, 0.1) is 0 Å². The summed E-state index contributed by atoms with van der Waals surface area (Å²) in [5.41, 5.74) is 0. The molecule has 2 N–H and O–H groups in total. The Labute approximate surface area is 242 Å². The third-order valence-corrected chi connectivity index (χ3v) is 8.30. The second-order valence-electron chi connectivity index (χ2n) is 10.4. The van der Waals surface area contributed by atoms with Crippen LogP contribution in [0.25, 0.3) is 0 Å². The third-order valence-electron chi connectivity index (χ3n) is 6.63. The van der Waals surface area contributed by atoms with Crippen LogP contribution in [-0.4, -0.2) is 53.1 Å². The first kappa shape index (κ1) is 38.4. The van der Waals surface area contributed by atoms with Gasteiger partial charge in [0, 0.05) is 12.2 Å². The van der Waals surface area contributed by atoms with E-state index in [0.29, 0.717) is 25.3 Å². The lowest BCUT2D eigenvalue weighted by molar-refractivity contribution is -0.149. The van der Waals surface area contributed by atoms with Crippen molar-refractivity contribution in [1.82, 2.24) is 0 Å². The second-order valence-corrected chi connectivity index (χ2v) is 12.8. The summed E-state index contributed by atoms with van der Waals surface area (Å²) >= 11 is 1.64. The Morgan fingerprint density at radius 1 is 0.769 bits per heavy atom. The summed E-state index contributed by atoms with van der Waals surface area (Å²) in [7, 11) is -4.60. The Morgan fingerprint density at radius 2 is 1.26 bits per heavy atom. The third kappa shape index (κ3) is 31.8. The number of thioether (sulfide) groups is 1. The molecule has 39 heavy (non-hydrogen) atoms. The number of carbonyl (C=O) groups is 2. The standard InChI is InChI=1S/C29H57O8PS/c1-2-3-4-5-6-7-10-13-16-19-22-29(31)37-28(25-36-38(32,33)34)26-39-24-21-18-15-12-9-8-11-14-17-20-23-35-27-30/h27-28H,2-26H2,1H3,(H2,32,33,34)/t28-/m1/s1. The maximum absolute atomic E-state index is 12.3. The van der Waals surface area contributed by atoms with E-state index in [9.17, 15) is 14.2 Å². The normalized spacial score (nSPS) is 12.4. The molecule has 0 saturated carbocycles. The van der Waals surface area contributed by atoms with E-state index < -0.39 is 13.9 Å². The number of hydrogen-bond acceptors (Lipinski definition) is 7. The van der Waals surface area contributed by atoms with Gasteiger partial charge in [-0.15, -0.1) is 0 Å². The molecular weight excluding hydrogens is 539 g/mol. The van der Waals surface area contributed by atoms with Gasteiger partial charge in [-0.2, -0.15) is 11.8 Å². The minimum Gasteiger partial charge on any atom is -0.468 e. The predicted octanol–water partition coefficient (Wildman–Crippen LogP) is 8.13. The maximum atomic E-state index is 12.3. The fourth-order valence-corrected chi connectivity index (χ4v) is 5.73. The molecule has 10 heteroatoms. The molecule has 0 unspecified atom stereocenters. The maximum Gasteiger partial charge on any atom is 0.469 e. The largest absolute Gasteiger partial charge is 0.469 e. The molecule has 0 aromatic carbocycles. The minimum absolute atomic E-state index is 0.287. The van der Waals surface area contributed by atoms with E-state index in [1.54, 1.807) is 11.8 Å². The summed E-state index contributed by atoms with van der Waals surface area (Å²) < 4.78 is 25.9. The van der Waals surface area contributed by atoms with Gasteiger partial charge in [-0.25, -0.2) is 4.57 Å². The molecule has 0 radical (unpaired) electrons. The number of rotatable bonds is 31. The predicted molar refractivity (Wildman–Crippen MR) is 160 cm³/mol.